The Balaban J connectivity index is 2.21. The maximum absolute atomic E-state index is 6.09. The number of hydrogen-bond acceptors (Lipinski definition) is 5. The second-order valence-corrected chi connectivity index (χ2v) is 4.59. The minimum atomic E-state index is 0.462. The first kappa shape index (κ1) is 13.2. The minimum absolute atomic E-state index is 0.462. The molecular formula is C16H15N3O2. The van der Waals surface area contributed by atoms with E-state index in [0.29, 0.717) is 17.3 Å². The minimum Gasteiger partial charge on any atom is -0.497 e. The third kappa shape index (κ3) is 2.45. The topological polar surface area (TPSA) is 70.3 Å². The van der Waals surface area contributed by atoms with Crippen molar-refractivity contribution < 1.29 is 9.47 Å². The summed E-state index contributed by atoms with van der Waals surface area (Å²) in [6.07, 6.45) is 3.46. The fraction of sp³-hybridized carbons (Fsp3) is 0.125. The number of anilines is 1. The van der Waals surface area contributed by atoms with Crippen LogP contribution in [-0.4, -0.2) is 24.2 Å². The smallest absolute Gasteiger partial charge is 0.132 e. The van der Waals surface area contributed by atoms with Crippen LogP contribution in [0.5, 0.6) is 11.5 Å². The largest absolute Gasteiger partial charge is 0.497 e. The van der Waals surface area contributed by atoms with E-state index in [4.69, 9.17) is 15.2 Å². The van der Waals surface area contributed by atoms with Gasteiger partial charge >= 0.3 is 0 Å². The predicted octanol–water partition coefficient (Wildman–Crippen LogP) is 2.90. The lowest BCUT2D eigenvalue weighted by molar-refractivity contribution is 0.394. The molecule has 0 saturated heterocycles. The molecular weight excluding hydrogens is 266 g/mol. The molecule has 2 heterocycles. The van der Waals surface area contributed by atoms with E-state index in [-0.39, 0.29) is 0 Å². The normalized spacial score (nSPS) is 10.6. The molecule has 1 aromatic carbocycles. The first-order chi connectivity index (χ1) is 10.2. The highest BCUT2D eigenvalue weighted by Gasteiger charge is 2.10. The van der Waals surface area contributed by atoms with E-state index in [1.807, 2.05) is 30.3 Å². The van der Waals surface area contributed by atoms with Crippen molar-refractivity contribution in [1.82, 2.24) is 9.97 Å². The number of rotatable bonds is 3. The van der Waals surface area contributed by atoms with Gasteiger partial charge in [0.2, 0.25) is 0 Å². The summed E-state index contributed by atoms with van der Waals surface area (Å²) in [5.74, 6) is 1.87. The number of fused-ring (bicyclic) bond motifs is 1. The summed E-state index contributed by atoms with van der Waals surface area (Å²) in [6, 6.07) is 9.42. The van der Waals surface area contributed by atoms with Gasteiger partial charge in [0.05, 0.1) is 19.7 Å². The number of nitrogens with two attached hydrogens (primary N) is 1. The van der Waals surface area contributed by atoms with Gasteiger partial charge in [0, 0.05) is 29.4 Å². The van der Waals surface area contributed by atoms with E-state index in [9.17, 15) is 0 Å². The Morgan fingerprint density at radius 1 is 1.00 bits per heavy atom. The Morgan fingerprint density at radius 3 is 2.38 bits per heavy atom. The Kier molecular flexibility index (Phi) is 3.31. The SMILES string of the molecule is COc1cc(OC)cc(-c2cc3cnccc3nc2N)c1. The van der Waals surface area contributed by atoms with Crippen molar-refractivity contribution in [2.24, 2.45) is 0 Å². The highest BCUT2D eigenvalue weighted by atomic mass is 16.5. The van der Waals surface area contributed by atoms with Crippen LogP contribution in [0.4, 0.5) is 5.82 Å². The van der Waals surface area contributed by atoms with E-state index in [1.165, 1.54) is 0 Å². The third-order valence-electron chi connectivity index (χ3n) is 3.31. The molecule has 0 atom stereocenters. The molecule has 0 bridgehead atoms. The molecule has 106 valence electrons. The molecule has 0 saturated carbocycles. The van der Waals surface area contributed by atoms with Gasteiger partial charge in [0.1, 0.15) is 17.3 Å². The second-order valence-electron chi connectivity index (χ2n) is 4.59. The molecule has 21 heavy (non-hydrogen) atoms. The van der Waals surface area contributed by atoms with Crippen molar-refractivity contribution in [2.75, 3.05) is 20.0 Å². The van der Waals surface area contributed by atoms with Crippen LogP contribution in [-0.2, 0) is 0 Å². The lowest BCUT2D eigenvalue weighted by atomic mass is 10.0. The van der Waals surface area contributed by atoms with Gasteiger partial charge < -0.3 is 15.2 Å². The average Bonchev–Trinajstić information content (AvgIpc) is 2.53. The molecule has 0 radical (unpaired) electrons. The van der Waals surface area contributed by atoms with Gasteiger partial charge in [-0.3, -0.25) is 4.98 Å². The summed E-state index contributed by atoms with van der Waals surface area (Å²) < 4.78 is 10.6. The summed E-state index contributed by atoms with van der Waals surface area (Å²) in [4.78, 5) is 8.53. The van der Waals surface area contributed by atoms with Crippen LogP contribution in [0.1, 0.15) is 0 Å². The Hall–Kier alpha value is -2.82. The highest BCUT2D eigenvalue weighted by molar-refractivity contribution is 5.88. The summed E-state index contributed by atoms with van der Waals surface area (Å²) in [6.45, 7) is 0. The van der Waals surface area contributed by atoms with Crippen molar-refractivity contribution >= 4 is 16.7 Å². The van der Waals surface area contributed by atoms with Gasteiger partial charge in [-0.05, 0) is 29.8 Å². The van der Waals surface area contributed by atoms with Crippen LogP contribution in [0.3, 0.4) is 0 Å². The maximum Gasteiger partial charge on any atom is 0.132 e. The molecule has 2 aromatic heterocycles. The highest BCUT2D eigenvalue weighted by Crippen LogP contribution is 2.33. The predicted molar refractivity (Wildman–Crippen MR) is 82.5 cm³/mol. The Bertz CT molecular complexity index is 780. The van der Waals surface area contributed by atoms with Crippen LogP contribution in [0.2, 0.25) is 0 Å². The van der Waals surface area contributed by atoms with Crippen LogP contribution < -0.4 is 15.2 Å². The molecule has 0 aliphatic carbocycles. The number of pyridine rings is 2. The Morgan fingerprint density at radius 2 is 1.71 bits per heavy atom. The van der Waals surface area contributed by atoms with Crippen LogP contribution in [0.25, 0.3) is 22.0 Å². The quantitative estimate of drug-likeness (QED) is 0.799. The number of aromatic nitrogens is 2. The van der Waals surface area contributed by atoms with Gasteiger partial charge in [-0.15, -0.1) is 0 Å². The second kappa shape index (κ2) is 5.28. The van der Waals surface area contributed by atoms with Gasteiger partial charge in [0.15, 0.2) is 0 Å². The molecule has 0 fully saturated rings. The molecule has 0 amide bonds. The van der Waals surface area contributed by atoms with E-state index in [0.717, 1.165) is 22.0 Å². The number of ether oxygens (including phenoxy) is 2. The summed E-state index contributed by atoms with van der Waals surface area (Å²) in [5, 5.41) is 0.934. The molecule has 5 heteroatoms. The number of hydrogen-bond donors (Lipinski definition) is 1. The van der Waals surface area contributed by atoms with Crippen LogP contribution >= 0.6 is 0 Å². The first-order valence-corrected chi connectivity index (χ1v) is 6.45. The molecule has 0 aliphatic heterocycles. The summed E-state index contributed by atoms with van der Waals surface area (Å²) in [5.41, 5.74) is 8.63. The zero-order valence-corrected chi connectivity index (χ0v) is 11.8. The molecule has 0 aliphatic rings. The number of benzene rings is 1. The van der Waals surface area contributed by atoms with E-state index < -0.39 is 0 Å². The van der Waals surface area contributed by atoms with Crippen molar-refractivity contribution in [3.63, 3.8) is 0 Å². The number of nitrogens with zero attached hydrogens (tertiary/aromatic N) is 2. The zero-order valence-electron chi connectivity index (χ0n) is 11.8. The van der Waals surface area contributed by atoms with Crippen molar-refractivity contribution in [2.45, 2.75) is 0 Å². The monoisotopic (exact) mass is 281 g/mol. The van der Waals surface area contributed by atoms with Crippen LogP contribution in [0.15, 0.2) is 42.7 Å². The van der Waals surface area contributed by atoms with Gasteiger partial charge in [-0.2, -0.15) is 0 Å². The van der Waals surface area contributed by atoms with E-state index in [2.05, 4.69) is 9.97 Å². The first-order valence-electron chi connectivity index (χ1n) is 6.45. The van der Waals surface area contributed by atoms with Crippen LogP contribution in [0, 0.1) is 0 Å². The van der Waals surface area contributed by atoms with E-state index >= 15 is 0 Å². The lowest BCUT2D eigenvalue weighted by Gasteiger charge is -2.11. The van der Waals surface area contributed by atoms with Gasteiger partial charge in [-0.25, -0.2) is 4.98 Å². The van der Waals surface area contributed by atoms with Crippen molar-refractivity contribution in [3.05, 3.63) is 42.7 Å². The molecule has 5 nitrogen and oxygen atoms in total. The molecule has 2 N–H and O–H groups in total. The third-order valence-corrected chi connectivity index (χ3v) is 3.31. The van der Waals surface area contributed by atoms with Crippen molar-refractivity contribution in [3.8, 4) is 22.6 Å². The standard InChI is InChI=1S/C16H15N3O2/c1-20-12-5-10(6-13(8-12)21-2)14-7-11-9-18-4-3-15(11)19-16(14)17/h3-9H,1-2H3,(H2,17,19). The molecule has 3 aromatic rings. The zero-order chi connectivity index (χ0) is 14.8. The van der Waals surface area contributed by atoms with Gasteiger partial charge in [-0.1, -0.05) is 0 Å². The fourth-order valence-corrected chi connectivity index (χ4v) is 2.23. The summed E-state index contributed by atoms with van der Waals surface area (Å²) in [7, 11) is 3.23. The average molecular weight is 281 g/mol. The summed E-state index contributed by atoms with van der Waals surface area (Å²) >= 11 is 0. The maximum atomic E-state index is 6.09. The molecule has 0 spiro atoms. The Labute approximate surface area is 122 Å². The number of methoxy groups -OCH3 is 2. The number of nitrogen functional groups attached to an aromatic ring is 1. The lowest BCUT2D eigenvalue weighted by Crippen LogP contribution is -1.96. The molecule has 3 rings (SSSR count). The van der Waals surface area contributed by atoms with Crippen molar-refractivity contribution in [1.29, 1.82) is 0 Å². The fourth-order valence-electron chi connectivity index (χ4n) is 2.23. The van der Waals surface area contributed by atoms with Gasteiger partial charge in [0.25, 0.3) is 0 Å². The van der Waals surface area contributed by atoms with E-state index in [1.54, 1.807) is 26.6 Å². The molecule has 0 unspecified atom stereocenters.